The molecule has 0 unspecified atom stereocenters. The summed E-state index contributed by atoms with van der Waals surface area (Å²) in [5.41, 5.74) is 7.99. The van der Waals surface area contributed by atoms with Gasteiger partial charge < -0.3 is 10.5 Å². The van der Waals surface area contributed by atoms with Crippen molar-refractivity contribution in [1.82, 2.24) is 0 Å². The maximum atomic E-state index is 5.48. The fourth-order valence-electron chi connectivity index (χ4n) is 1.31. The lowest BCUT2D eigenvalue weighted by Crippen LogP contribution is -2.04. The van der Waals surface area contributed by atoms with E-state index in [2.05, 4.69) is 31.2 Å². The van der Waals surface area contributed by atoms with E-state index in [1.807, 2.05) is 27.7 Å². The molecule has 108 valence electrons. The lowest BCUT2D eigenvalue weighted by molar-refractivity contribution is 0.120. The summed E-state index contributed by atoms with van der Waals surface area (Å²) in [6.07, 6.45) is 2.02. The van der Waals surface area contributed by atoms with E-state index < -0.39 is 0 Å². The van der Waals surface area contributed by atoms with Crippen LogP contribution >= 0.6 is 0 Å². The number of rotatable bonds is 6. The lowest BCUT2D eigenvalue weighted by Gasteiger charge is -2.04. The highest BCUT2D eigenvalue weighted by Gasteiger charge is 1.94. The van der Waals surface area contributed by atoms with Crippen LogP contribution in [-0.2, 0) is 17.8 Å². The molecule has 0 fully saturated rings. The Labute approximate surface area is 115 Å². The Hall–Kier alpha value is -0.860. The van der Waals surface area contributed by atoms with Crippen molar-refractivity contribution in [3.8, 4) is 0 Å². The summed E-state index contributed by atoms with van der Waals surface area (Å²) < 4.78 is 5.48. The molecule has 0 aliphatic heterocycles. The number of ether oxygens (including phenoxy) is 1. The predicted octanol–water partition coefficient (Wildman–Crippen LogP) is 4.41. The molecule has 18 heavy (non-hydrogen) atoms. The Bertz CT molecular complexity index is 267. The minimum absolute atomic E-state index is 0. The highest BCUT2D eigenvalue weighted by molar-refractivity contribution is 5.22. The summed E-state index contributed by atoms with van der Waals surface area (Å²) in [7, 11) is 0. The highest BCUT2D eigenvalue weighted by atomic mass is 16.5. The van der Waals surface area contributed by atoms with Gasteiger partial charge in [0.2, 0.25) is 0 Å². The highest BCUT2D eigenvalue weighted by Crippen LogP contribution is 2.07. The van der Waals surface area contributed by atoms with Gasteiger partial charge in [-0.1, -0.05) is 58.9 Å². The third-order valence-corrected chi connectivity index (χ3v) is 2.16. The molecule has 0 amide bonds. The van der Waals surface area contributed by atoms with E-state index in [1.165, 1.54) is 11.1 Å². The lowest BCUT2D eigenvalue weighted by atomic mass is 10.1. The van der Waals surface area contributed by atoms with Gasteiger partial charge in [-0.3, -0.25) is 0 Å². The standard InChI is InChI=1S/C12H19NO.2C2H6.H2/c1-2-11-5-3-6-12(9-11)10-14-8-4-7-13;2*1-2;/h3,5-6,9H,2,4,7-8,10,13H2,1H3;2*1-2H3;1H. The van der Waals surface area contributed by atoms with Gasteiger partial charge in [-0.15, -0.1) is 0 Å². The van der Waals surface area contributed by atoms with Crippen molar-refractivity contribution in [2.45, 2.75) is 54.1 Å². The van der Waals surface area contributed by atoms with Gasteiger partial charge in [-0.2, -0.15) is 0 Å². The van der Waals surface area contributed by atoms with Crippen LogP contribution in [-0.4, -0.2) is 13.2 Å². The Balaban J connectivity index is -0.000000467. The van der Waals surface area contributed by atoms with Gasteiger partial charge in [0, 0.05) is 8.03 Å². The predicted molar refractivity (Wildman–Crippen MR) is 84.0 cm³/mol. The van der Waals surface area contributed by atoms with Crippen molar-refractivity contribution < 1.29 is 6.16 Å². The van der Waals surface area contributed by atoms with E-state index in [0.717, 1.165) is 19.4 Å². The number of nitrogens with two attached hydrogens (primary N) is 1. The Morgan fingerprint density at radius 2 is 1.72 bits per heavy atom. The molecule has 2 nitrogen and oxygen atoms in total. The SMILES string of the molecule is CC.CC.CCc1cccc(COCCCN)c1.[HH]. The zero-order valence-electron chi connectivity index (χ0n) is 12.8. The van der Waals surface area contributed by atoms with Gasteiger partial charge in [0.05, 0.1) is 6.61 Å². The summed E-state index contributed by atoms with van der Waals surface area (Å²) in [6.45, 7) is 12.3. The third kappa shape index (κ3) is 10.3. The van der Waals surface area contributed by atoms with Gasteiger partial charge in [0.1, 0.15) is 0 Å². The summed E-state index contributed by atoms with van der Waals surface area (Å²) in [4.78, 5) is 0. The van der Waals surface area contributed by atoms with Crippen LogP contribution in [0.25, 0.3) is 0 Å². The van der Waals surface area contributed by atoms with Crippen molar-refractivity contribution in [3.05, 3.63) is 35.4 Å². The largest absolute Gasteiger partial charge is 0.377 e. The summed E-state index contributed by atoms with van der Waals surface area (Å²) in [5.74, 6) is 0. The summed E-state index contributed by atoms with van der Waals surface area (Å²) in [5, 5.41) is 0. The van der Waals surface area contributed by atoms with Crippen LogP contribution in [0.2, 0.25) is 0 Å². The maximum Gasteiger partial charge on any atom is 0.0716 e. The second-order valence-corrected chi connectivity index (χ2v) is 3.37. The molecule has 2 N–H and O–H groups in total. The van der Waals surface area contributed by atoms with E-state index >= 15 is 0 Å². The first-order valence-electron chi connectivity index (χ1n) is 7.22. The zero-order valence-corrected chi connectivity index (χ0v) is 12.8. The molecule has 0 bridgehead atoms. The van der Waals surface area contributed by atoms with Gasteiger partial charge in [0.25, 0.3) is 0 Å². The third-order valence-electron chi connectivity index (χ3n) is 2.16. The van der Waals surface area contributed by atoms with Crippen molar-refractivity contribution in [3.63, 3.8) is 0 Å². The molecule has 2 heteroatoms. The Morgan fingerprint density at radius 1 is 1.11 bits per heavy atom. The normalized spacial score (nSPS) is 8.78. The molecule has 0 atom stereocenters. The van der Waals surface area contributed by atoms with Crippen molar-refractivity contribution >= 4 is 0 Å². The molecule has 1 aromatic carbocycles. The van der Waals surface area contributed by atoms with E-state index in [4.69, 9.17) is 10.5 Å². The average Bonchev–Trinajstić information content (AvgIpc) is 2.48. The molecule has 0 spiro atoms. The molecular weight excluding hydrogens is 222 g/mol. The fourth-order valence-corrected chi connectivity index (χ4v) is 1.31. The quantitative estimate of drug-likeness (QED) is 0.764. The minimum atomic E-state index is 0. The summed E-state index contributed by atoms with van der Waals surface area (Å²) in [6, 6.07) is 8.52. The first-order chi connectivity index (χ1) is 8.86. The first kappa shape index (κ1) is 19.5. The van der Waals surface area contributed by atoms with Crippen molar-refractivity contribution in [1.29, 1.82) is 0 Å². The summed E-state index contributed by atoms with van der Waals surface area (Å²) >= 11 is 0. The Morgan fingerprint density at radius 3 is 2.28 bits per heavy atom. The number of aryl methyl sites for hydroxylation is 1. The van der Waals surface area contributed by atoms with Gasteiger partial charge in [-0.25, -0.2) is 0 Å². The molecule has 0 radical (unpaired) electrons. The second kappa shape index (κ2) is 16.1. The van der Waals surface area contributed by atoms with Crippen LogP contribution < -0.4 is 5.73 Å². The fraction of sp³-hybridized carbons (Fsp3) is 0.625. The van der Waals surface area contributed by atoms with E-state index in [-0.39, 0.29) is 1.43 Å². The topological polar surface area (TPSA) is 35.2 Å². The van der Waals surface area contributed by atoms with Crippen LogP contribution in [0.4, 0.5) is 0 Å². The van der Waals surface area contributed by atoms with Gasteiger partial charge >= 0.3 is 0 Å². The second-order valence-electron chi connectivity index (χ2n) is 3.37. The van der Waals surface area contributed by atoms with E-state index in [0.29, 0.717) is 13.2 Å². The van der Waals surface area contributed by atoms with E-state index in [1.54, 1.807) is 0 Å². The van der Waals surface area contributed by atoms with Crippen LogP contribution in [0.1, 0.15) is 53.6 Å². The zero-order chi connectivity index (χ0) is 14.2. The molecule has 0 aromatic heterocycles. The minimum Gasteiger partial charge on any atom is -0.377 e. The number of benzene rings is 1. The van der Waals surface area contributed by atoms with Crippen LogP contribution in [0, 0.1) is 0 Å². The van der Waals surface area contributed by atoms with Gasteiger partial charge in [-0.05, 0) is 30.5 Å². The van der Waals surface area contributed by atoms with Crippen molar-refractivity contribution in [2.75, 3.05) is 13.2 Å². The average molecular weight is 255 g/mol. The molecule has 1 aromatic rings. The van der Waals surface area contributed by atoms with Crippen LogP contribution in [0.5, 0.6) is 0 Å². The van der Waals surface area contributed by atoms with Gasteiger partial charge in [0.15, 0.2) is 0 Å². The molecule has 0 aliphatic carbocycles. The first-order valence-corrected chi connectivity index (χ1v) is 7.22. The van der Waals surface area contributed by atoms with E-state index in [9.17, 15) is 0 Å². The van der Waals surface area contributed by atoms with Crippen LogP contribution in [0.3, 0.4) is 0 Å². The Kier molecular flexibility index (Phi) is 17.5. The molecule has 0 saturated carbocycles. The molecule has 0 saturated heterocycles. The van der Waals surface area contributed by atoms with Crippen molar-refractivity contribution in [2.24, 2.45) is 5.73 Å². The molecule has 0 aliphatic rings. The monoisotopic (exact) mass is 255 g/mol. The number of hydrogen-bond donors (Lipinski definition) is 1. The molecule has 0 heterocycles. The molecule has 1 rings (SSSR count). The number of hydrogen-bond acceptors (Lipinski definition) is 2. The smallest absolute Gasteiger partial charge is 0.0716 e. The van der Waals surface area contributed by atoms with Crippen LogP contribution in [0.15, 0.2) is 24.3 Å². The molecular formula is C16H33NO. The maximum absolute atomic E-state index is 5.48.